The zero-order chi connectivity index (χ0) is 16.4. The quantitative estimate of drug-likeness (QED) is 0.787. The Morgan fingerprint density at radius 2 is 1.52 bits per heavy atom. The molecule has 6 heteroatoms. The normalized spacial score (nSPS) is 29.9. The second-order valence-corrected chi connectivity index (χ2v) is 7.25. The van der Waals surface area contributed by atoms with Gasteiger partial charge in [-0.15, -0.1) is 0 Å². The number of carbonyl (C=O) groups excluding carboxylic acids is 2. The highest BCUT2D eigenvalue weighted by molar-refractivity contribution is 5.80. The minimum absolute atomic E-state index is 0.0883. The fourth-order valence-electron chi connectivity index (χ4n) is 4.03. The third kappa shape index (κ3) is 3.47. The zero-order valence-electron chi connectivity index (χ0n) is 14.5. The van der Waals surface area contributed by atoms with Crippen molar-refractivity contribution in [1.82, 2.24) is 20.0 Å². The second kappa shape index (κ2) is 7.07. The van der Waals surface area contributed by atoms with Gasteiger partial charge in [-0.3, -0.25) is 4.79 Å². The Bertz CT molecular complexity index is 442. The van der Waals surface area contributed by atoms with E-state index in [0.29, 0.717) is 11.9 Å². The molecule has 6 nitrogen and oxygen atoms in total. The lowest BCUT2D eigenvalue weighted by Gasteiger charge is -2.42. The molecule has 130 valence electrons. The molecule has 0 saturated carbocycles. The van der Waals surface area contributed by atoms with Crippen molar-refractivity contribution in [2.75, 3.05) is 39.3 Å². The lowest BCUT2D eigenvalue weighted by Crippen LogP contribution is -2.59. The van der Waals surface area contributed by atoms with Gasteiger partial charge in [0.05, 0.1) is 0 Å². The molecule has 1 N–H and O–H groups in total. The molecule has 3 saturated heterocycles. The summed E-state index contributed by atoms with van der Waals surface area (Å²) in [6, 6.07) is 0.780. The van der Waals surface area contributed by atoms with E-state index in [0.717, 1.165) is 65.0 Å². The average molecular weight is 322 g/mol. The number of likely N-dealkylation sites (tertiary alicyclic amines) is 2. The number of amides is 3. The highest BCUT2D eigenvalue weighted by atomic mass is 16.2. The van der Waals surface area contributed by atoms with Gasteiger partial charge in [0.2, 0.25) is 5.91 Å². The standard InChI is InChI=1S/C17H30N4O2/c1-13-14(2)21(12-7-18-13)16(22)15-5-10-20(11-6-15)17(23)19-8-3-4-9-19/h13-15,18H,3-12H2,1-2H3. The fourth-order valence-corrected chi connectivity index (χ4v) is 4.03. The maximum atomic E-state index is 12.8. The van der Waals surface area contributed by atoms with Crippen LogP contribution in [0, 0.1) is 5.92 Å². The molecular formula is C17H30N4O2. The lowest BCUT2D eigenvalue weighted by atomic mass is 9.93. The molecule has 0 radical (unpaired) electrons. The van der Waals surface area contributed by atoms with Gasteiger partial charge in [0.1, 0.15) is 0 Å². The van der Waals surface area contributed by atoms with Crippen LogP contribution < -0.4 is 5.32 Å². The summed E-state index contributed by atoms with van der Waals surface area (Å²) in [5.74, 6) is 0.379. The Morgan fingerprint density at radius 3 is 2.17 bits per heavy atom. The van der Waals surface area contributed by atoms with Crippen LogP contribution in [0.3, 0.4) is 0 Å². The predicted octanol–water partition coefficient (Wildman–Crippen LogP) is 1.12. The van der Waals surface area contributed by atoms with Gasteiger partial charge in [-0.05, 0) is 39.5 Å². The molecule has 3 aliphatic heterocycles. The van der Waals surface area contributed by atoms with Crippen molar-refractivity contribution >= 4 is 11.9 Å². The van der Waals surface area contributed by atoms with Crippen molar-refractivity contribution < 1.29 is 9.59 Å². The van der Waals surface area contributed by atoms with Crippen LogP contribution in [0.15, 0.2) is 0 Å². The number of rotatable bonds is 1. The number of urea groups is 1. The predicted molar refractivity (Wildman–Crippen MR) is 89.1 cm³/mol. The molecule has 3 rings (SSSR count). The summed E-state index contributed by atoms with van der Waals surface area (Å²) >= 11 is 0. The highest BCUT2D eigenvalue weighted by Gasteiger charge is 2.35. The number of nitrogens with zero attached hydrogens (tertiary/aromatic N) is 3. The number of hydrogen-bond acceptors (Lipinski definition) is 3. The molecule has 0 aromatic heterocycles. The molecule has 0 bridgehead atoms. The monoisotopic (exact) mass is 322 g/mol. The van der Waals surface area contributed by atoms with Crippen LogP contribution in [0.2, 0.25) is 0 Å². The van der Waals surface area contributed by atoms with E-state index in [1.165, 1.54) is 0 Å². The van der Waals surface area contributed by atoms with Gasteiger partial charge in [-0.1, -0.05) is 0 Å². The third-order valence-corrected chi connectivity index (χ3v) is 5.81. The molecule has 3 heterocycles. The van der Waals surface area contributed by atoms with Gasteiger partial charge in [0, 0.05) is 57.3 Å². The summed E-state index contributed by atoms with van der Waals surface area (Å²) in [6.45, 7) is 9.19. The van der Waals surface area contributed by atoms with E-state index >= 15 is 0 Å². The van der Waals surface area contributed by atoms with Crippen molar-refractivity contribution in [1.29, 1.82) is 0 Å². The molecule has 0 aliphatic carbocycles. The van der Waals surface area contributed by atoms with Gasteiger partial charge in [0.15, 0.2) is 0 Å². The molecule has 23 heavy (non-hydrogen) atoms. The SMILES string of the molecule is CC1NCCN(C(=O)C2CCN(C(=O)N3CCCC3)CC2)C1C. The summed E-state index contributed by atoms with van der Waals surface area (Å²) in [5, 5.41) is 3.42. The van der Waals surface area contributed by atoms with Gasteiger partial charge in [-0.25, -0.2) is 4.79 Å². The van der Waals surface area contributed by atoms with E-state index in [9.17, 15) is 9.59 Å². The average Bonchev–Trinajstić information content (AvgIpc) is 3.11. The Hall–Kier alpha value is -1.30. The maximum Gasteiger partial charge on any atom is 0.319 e. The summed E-state index contributed by atoms with van der Waals surface area (Å²) < 4.78 is 0. The van der Waals surface area contributed by atoms with Gasteiger partial charge < -0.3 is 20.0 Å². The molecule has 3 amide bonds. The van der Waals surface area contributed by atoms with E-state index in [4.69, 9.17) is 0 Å². The first-order chi connectivity index (χ1) is 11.1. The van der Waals surface area contributed by atoms with Crippen molar-refractivity contribution in [3.05, 3.63) is 0 Å². The molecule has 3 aliphatic rings. The Labute approximate surface area is 139 Å². The maximum absolute atomic E-state index is 12.8. The number of piperidine rings is 1. The third-order valence-electron chi connectivity index (χ3n) is 5.81. The van der Waals surface area contributed by atoms with E-state index in [1.807, 2.05) is 14.7 Å². The van der Waals surface area contributed by atoms with Gasteiger partial charge in [0.25, 0.3) is 0 Å². The second-order valence-electron chi connectivity index (χ2n) is 7.25. The number of carbonyl (C=O) groups is 2. The van der Waals surface area contributed by atoms with Crippen molar-refractivity contribution in [3.8, 4) is 0 Å². The van der Waals surface area contributed by atoms with Crippen LogP contribution in [0.5, 0.6) is 0 Å². The highest BCUT2D eigenvalue weighted by Crippen LogP contribution is 2.23. The minimum atomic E-state index is 0.0883. The summed E-state index contributed by atoms with van der Waals surface area (Å²) in [7, 11) is 0. The lowest BCUT2D eigenvalue weighted by molar-refractivity contribution is -0.140. The molecule has 0 aromatic carbocycles. The molecular weight excluding hydrogens is 292 g/mol. The Balaban J connectivity index is 1.52. The van der Waals surface area contributed by atoms with E-state index in [1.54, 1.807) is 0 Å². The first-order valence-electron chi connectivity index (χ1n) is 9.15. The van der Waals surface area contributed by atoms with Crippen LogP contribution in [0.1, 0.15) is 39.5 Å². The summed E-state index contributed by atoms with van der Waals surface area (Å²) in [6.07, 6.45) is 3.87. The number of hydrogen-bond donors (Lipinski definition) is 1. The van der Waals surface area contributed by atoms with Gasteiger partial charge in [-0.2, -0.15) is 0 Å². The zero-order valence-corrected chi connectivity index (χ0v) is 14.5. The van der Waals surface area contributed by atoms with Crippen LogP contribution >= 0.6 is 0 Å². The first-order valence-corrected chi connectivity index (χ1v) is 9.15. The Kier molecular flexibility index (Phi) is 5.09. The molecule has 2 unspecified atom stereocenters. The summed E-state index contributed by atoms with van der Waals surface area (Å²) in [4.78, 5) is 31.2. The van der Waals surface area contributed by atoms with Crippen molar-refractivity contribution in [2.24, 2.45) is 5.92 Å². The van der Waals surface area contributed by atoms with Crippen LogP contribution in [-0.4, -0.2) is 78.0 Å². The largest absolute Gasteiger partial charge is 0.337 e. The topological polar surface area (TPSA) is 55.9 Å². The van der Waals surface area contributed by atoms with E-state index in [2.05, 4.69) is 19.2 Å². The van der Waals surface area contributed by atoms with Crippen LogP contribution in [-0.2, 0) is 4.79 Å². The van der Waals surface area contributed by atoms with Crippen molar-refractivity contribution in [3.63, 3.8) is 0 Å². The van der Waals surface area contributed by atoms with E-state index < -0.39 is 0 Å². The Morgan fingerprint density at radius 1 is 0.913 bits per heavy atom. The molecule has 0 spiro atoms. The van der Waals surface area contributed by atoms with E-state index in [-0.39, 0.29) is 18.0 Å². The van der Waals surface area contributed by atoms with Crippen LogP contribution in [0.4, 0.5) is 4.79 Å². The van der Waals surface area contributed by atoms with Crippen molar-refractivity contribution in [2.45, 2.75) is 51.6 Å². The minimum Gasteiger partial charge on any atom is -0.337 e. The fraction of sp³-hybridized carbons (Fsp3) is 0.882. The molecule has 2 atom stereocenters. The smallest absolute Gasteiger partial charge is 0.319 e. The number of nitrogens with one attached hydrogen (secondary N) is 1. The summed E-state index contributed by atoms with van der Waals surface area (Å²) in [5.41, 5.74) is 0. The molecule has 0 aromatic rings. The first kappa shape index (κ1) is 16.6. The van der Waals surface area contributed by atoms with Crippen LogP contribution in [0.25, 0.3) is 0 Å². The number of piperazine rings is 1. The van der Waals surface area contributed by atoms with Gasteiger partial charge >= 0.3 is 6.03 Å². The molecule has 3 fully saturated rings.